The van der Waals surface area contributed by atoms with Crippen molar-refractivity contribution in [3.63, 3.8) is 0 Å². The number of methoxy groups -OCH3 is 1. The van der Waals surface area contributed by atoms with E-state index in [1.807, 2.05) is 6.07 Å². The highest BCUT2D eigenvalue weighted by molar-refractivity contribution is 5.49. The molecule has 122 valence electrons. The Kier molecular flexibility index (Phi) is 4.59. The highest BCUT2D eigenvalue weighted by Crippen LogP contribution is 2.36. The third-order valence-corrected chi connectivity index (χ3v) is 4.83. The SMILES string of the molecule is COc1cc(CNCC2(O)CCCCC2)c2c(c1)CC(C)O2. The molecule has 1 atom stereocenters. The number of rotatable bonds is 5. The maximum Gasteiger partial charge on any atom is 0.127 e. The zero-order valence-electron chi connectivity index (χ0n) is 13.7. The molecule has 0 radical (unpaired) electrons. The Labute approximate surface area is 132 Å². The standard InChI is InChI=1S/C18H27NO3/c1-13-8-14-9-16(21-2)10-15(17(14)22-13)11-19-12-18(20)6-4-3-5-7-18/h9-10,13,19-20H,3-8,11-12H2,1-2H3. The van der Waals surface area contributed by atoms with Gasteiger partial charge in [-0.1, -0.05) is 19.3 Å². The number of hydrogen-bond donors (Lipinski definition) is 2. The van der Waals surface area contributed by atoms with Gasteiger partial charge in [-0.2, -0.15) is 0 Å². The lowest BCUT2D eigenvalue weighted by molar-refractivity contribution is 0.00462. The molecule has 0 aromatic heterocycles. The number of benzene rings is 1. The fourth-order valence-corrected chi connectivity index (χ4v) is 3.64. The Hall–Kier alpha value is -1.26. The molecule has 4 nitrogen and oxygen atoms in total. The van der Waals surface area contributed by atoms with Crippen LogP contribution in [0.3, 0.4) is 0 Å². The minimum atomic E-state index is -0.533. The molecule has 0 saturated heterocycles. The molecule has 1 saturated carbocycles. The summed E-state index contributed by atoms with van der Waals surface area (Å²) in [4.78, 5) is 0. The van der Waals surface area contributed by atoms with Gasteiger partial charge in [0.05, 0.1) is 12.7 Å². The summed E-state index contributed by atoms with van der Waals surface area (Å²) in [6, 6.07) is 4.10. The van der Waals surface area contributed by atoms with E-state index in [9.17, 15) is 5.11 Å². The van der Waals surface area contributed by atoms with Gasteiger partial charge in [0, 0.05) is 30.6 Å². The van der Waals surface area contributed by atoms with Gasteiger partial charge >= 0.3 is 0 Å². The highest BCUT2D eigenvalue weighted by Gasteiger charge is 2.29. The zero-order valence-corrected chi connectivity index (χ0v) is 13.7. The van der Waals surface area contributed by atoms with Gasteiger partial charge in [-0.25, -0.2) is 0 Å². The van der Waals surface area contributed by atoms with Crippen molar-refractivity contribution in [2.24, 2.45) is 0 Å². The maximum absolute atomic E-state index is 10.6. The second-order valence-electron chi connectivity index (χ2n) is 6.80. The van der Waals surface area contributed by atoms with Crippen molar-refractivity contribution >= 4 is 0 Å². The Morgan fingerprint density at radius 2 is 2.09 bits per heavy atom. The molecule has 3 rings (SSSR count). The minimum absolute atomic E-state index is 0.225. The second-order valence-corrected chi connectivity index (χ2v) is 6.80. The van der Waals surface area contributed by atoms with Gasteiger partial charge in [0.1, 0.15) is 17.6 Å². The van der Waals surface area contributed by atoms with E-state index in [4.69, 9.17) is 9.47 Å². The number of hydrogen-bond acceptors (Lipinski definition) is 4. The van der Waals surface area contributed by atoms with Gasteiger partial charge in [-0.15, -0.1) is 0 Å². The summed E-state index contributed by atoms with van der Waals surface area (Å²) in [6.07, 6.45) is 6.48. The normalized spacial score (nSPS) is 23.0. The third kappa shape index (κ3) is 3.39. The number of nitrogens with one attached hydrogen (secondary N) is 1. The topological polar surface area (TPSA) is 50.7 Å². The van der Waals surface area contributed by atoms with Crippen LogP contribution < -0.4 is 14.8 Å². The molecule has 22 heavy (non-hydrogen) atoms. The summed E-state index contributed by atoms with van der Waals surface area (Å²) in [6.45, 7) is 3.44. The minimum Gasteiger partial charge on any atom is -0.497 e. The predicted molar refractivity (Wildman–Crippen MR) is 86.5 cm³/mol. The largest absolute Gasteiger partial charge is 0.497 e. The Morgan fingerprint density at radius 1 is 1.32 bits per heavy atom. The molecule has 0 bridgehead atoms. The molecule has 1 aliphatic carbocycles. The van der Waals surface area contributed by atoms with Gasteiger partial charge in [0.25, 0.3) is 0 Å². The average molecular weight is 305 g/mol. The van der Waals surface area contributed by atoms with Gasteiger partial charge in [0.2, 0.25) is 0 Å². The predicted octanol–water partition coefficient (Wildman–Crippen LogP) is 2.80. The van der Waals surface area contributed by atoms with Crippen LogP contribution in [-0.4, -0.2) is 30.5 Å². The van der Waals surface area contributed by atoms with Crippen LogP contribution in [0, 0.1) is 0 Å². The summed E-state index contributed by atoms with van der Waals surface area (Å²) in [5.74, 6) is 1.88. The van der Waals surface area contributed by atoms with E-state index in [0.29, 0.717) is 13.1 Å². The number of fused-ring (bicyclic) bond motifs is 1. The number of ether oxygens (including phenoxy) is 2. The number of aliphatic hydroxyl groups is 1. The molecule has 1 aromatic rings. The first-order valence-electron chi connectivity index (χ1n) is 8.39. The lowest BCUT2D eigenvalue weighted by Gasteiger charge is -2.32. The molecule has 1 aliphatic heterocycles. The van der Waals surface area contributed by atoms with Crippen molar-refractivity contribution in [3.8, 4) is 11.5 Å². The average Bonchev–Trinajstić information content (AvgIpc) is 2.88. The van der Waals surface area contributed by atoms with Crippen molar-refractivity contribution in [1.82, 2.24) is 5.32 Å². The van der Waals surface area contributed by atoms with E-state index in [0.717, 1.165) is 49.2 Å². The first kappa shape index (κ1) is 15.6. The lowest BCUT2D eigenvalue weighted by Crippen LogP contribution is -2.41. The van der Waals surface area contributed by atoms with Crippen molar-refractivity contribution < 1.29 is 14.6 Å². The zero-order chi connectivity index (χ0) is 15.6. The van der Waals surface area contributed by atoms with Gasteiger partial charge in [-0.05, 0) is 31.9 Å². The summed E-state index contributed by atoms with van der Waals surface area (Å²) in [5.41, 5.74) is 1.81. The van der Waals surface area contributed by atoms with Crippen LogP contribution in [0.5, 0.6) is 11.5 Å². The maximum atomic E-state index is 10.6. The van der Waals surface area contributed by atoms with E-state index in [1.165, 1.54) is 12.0 Å². The van der Waals surface area contributed by atoms with Crippen LogP contribution in [0.25, 0.3) is 0 Å². The van der Waals surface area contributed by atoms with Gasteiger partial charge in [-0.3, -0.25) is 0 Å². The molecule has 2 N–H and O–H groups in total. The smallest absolute Gasteiger partial charge is 0.127 e. The van der Waals surface area contributed by atoms with Crippen LogP contribution in [-0.2, 0) is 13.0 Å². The Morgan fingerprint density at radius 3 is 2.82 bits per heavy atom. The van der Waals surface area contributed by atoms with E-state index >= 15 is 0 Å². The van der Waals surface area contributed by atoms with E-state index in [-0.39, 0.29) is 6.10 Å². The molecular weight excluding hydrogens is 278 g/mol. The molecule has 1 aromatic carbocycles. The van der Waals surface area contributed by atoms with Crippen LogP contribution >= 0.6 is 0 Å². The monoisotopic (exact) mass is 305 g/mol. The summed E-state index contributed by atoms with van der Waals surface area (Å²) < 4.78 is 11.3. The molecule has 4 heteroatoms. The summed E-state index contributed by atoms with van der Waals surface area (Å²) >= 11 is 0. The van der Waals surface area contributed by atoms with Crippen LogP contribution in [0.15, 0.2) is 12.1 Å². The molecule has 2 aliphatic rings. The molecule has 1 fully saturated rings. The van der Waals surface area contributed by atoms with E-state index < -0.39 is 5.60 Å². The summed E-state index contributed by atoms with van der Waals surface area (Å²) in [5, 5.41) is 14.0. The quantitative estimate of drug-likeness (QED) is 0.878. The fourth-order valence-electron chi connectivity index (χ4n) is 3.64. The second kappa shape index (κ2) is 6.47. The highest BCUT2D eigenvalue weighted by atomic mass is 16.5. The van der Waals surface area contributed by atoms with Gasteiger partial charge < -0.3 is 19.9 Å². The first-order valence-corrected chi connectivity index (χ1v) is 8.39. The van der Waals surface area contributed by atoms with Gasteiger partial charge in [0.15, 0.2) is 0 Å². The fraction of sp³-hybridized carbons (Fsp3) is 0.667. The summed E-state index contributed by atoms with van der Waals surface area (Å²) in [7, 11) is 1.70. The van der Waals surface area contributed by atoms with Crippen molar-refractivity contribution in [2.45, 2.75) is 63.7 Å². The van der Waals surface area contributed by atoms with Crippen LogP contribution in [0.1, 0.15) is 50.2 Å². The first-order chi connectivity index (χ1) is 10.6. The molecule has 0 spiro atoms. The molecule has 0 amide bonds. The van der Waals surface area contributed by atoms with Crippen molar-refractivity contribution in [2.75, 3.05) is 13.7 Å². The van der Waals surface area contributed by atoms with Crippen molar-refractivity contribution in [3.05, 3.63) is 23.3 Å². The van der Waals surface area contributed by atoms with E-state index in [1.54, 1.807) is 7.11 Å². The Bertz CT molecular complexity index is 523. The Balaban J connectivity index is 1.66. The van der Waals surface area contributed by atoms with Crippen LogP contribution in [0.2, 0.25) is 0 Å². The van der Waals surface area contributed by atoms with Crippen LogP contribution in [0.4, 0.5) is 0 Å². The van der Waals surface area contributed by atoms with Crippen molar-refractivity contribution in [1.29, 1.82) is 0 Å². The van der Waals surface area contributed by atoms with E-state index in [2.05, 4.69) is 18.3 Å². The molecular formula is C18H27NO3. The molecule has 1 unspecified atom stereocenters. The molecule has 1 heterocycles. The lowest BCUT2D eigenvalue weighted by atomic mass is 9.85. The third-order valence-electron chi connectivity index (χ3n) is 4.83.